The fourth-order valence-corrected chi connectivity index (χ4v) is 5.78. The van der Waals surface area contributed by atoms with Gasteiger partial charge in [0.2, 0.25) is 0 Å². The van der Waals surface area contributed by atoms with Crippen molar-refractivity contribution in [3.8, 4) is 0 Å². The van der Waals surface area contributed by atoms with Crippen LogP contribution in [0.2, 0.25) is 0 Å². The maximum absolute atomic E-state index is 12.5. The normalized spacial score (nSPS) is 41.9. The second-order valence-electron chi connectivity index (χ2n) is 7.94. The molecule has 148 valence electrons. The monoisotopic (exact) mass is 380 g/mol. The van der Waals surface area contributed by atoms with E-state index >= 15 is 0 Å². The lowest BCUT2D eigenvalue weighted by molar-refractivity contribution is -0.452. The number of ether oxygens (including phenoxy) is 4. The van der Waals surface area contributed by atoms with Gasteiger partial charge < -0.3 is 24.1 Å². The third-order valence-electron chi connectivity index (χ3n) is 6.83. The highest BCUT2D eigenvalue weighted by Crippen LogP contribution is 2.75. The van der Waals surface area contributed by atoms with Gasteiger partial charge in [-0.2, -0.15) is 0 Å². The van der Waals surface area contributed by atoms with Gasteiger partial charge in [-0.3, -0.25) is 9.59 Å². The molecule has 0 amide bonds. The topological polar surface area (TPSA) is 108 Å². The van der Waals surface area contributed by atoms with Gasteiger partial charge in [0.1, 0.15) is 18.1 Å². The zero-order valence-electron chi connectivity index (χ0n) is 15.7. The molecule has 2 saturated carbocycles. The van der Waals surface area contributed by atoms with Crippen LogP contribution in [-0.4, -0.2) is 53.7 Å². The molecule has 2 bridgehead atoms. The average Bonchev–Trinajstić information content (AvgIpc) is 2.93. The first kappa shape index (κ1) is 18.4. The molecule has 2 spiro atoms. The van der Waals surface area contributed by atoms with E-state index in [0.717, 1.165) is 6.42 Å². The lowest BCUT2D eigenvalue weighted by Gasteiger charge is -2.66. The Labute approximate surface area is 156 Å². The summed E-state index contributed by atoms with van der Waals surface area (Å²) in [5, 5.41) is 9.73. The Hall–Kier alpha value is -1.93. The zero-order valence-corrected chi connectivity index (χ0v) is 15.7. The van der Waals surface area contributed by atoms with E-state index in [0.29, 0.717) is 24.8 Å². The van der Waals surface area contributed by atoms with E-state index < -0.39 is 47.4 Å². The lowest BCUT2D eigenvalue weighted by Crippen LogP contribution is -2.80. The van der Waals surface area contributed by atoms with Crippen molar-refractivity contribution in [2.24, 2.45) is 11.3 Å². The molecule has 5 aliphatic rings. The van der Waals surface area contributed by atoms with E-state index in [1.165, 1.54) is 13.8 Å². The average molecular weight is 380 g/mol. The van der Waals surface area contributed by atoms with Gasteiger partial charge in [-0.15, -0.1) is 0 Å². The Morgan fingerprint density at radius 2 is 2.00 bits per heavy atom. The van der Waals surface area contributed by atoms with Gasteiger partial charge in [-0.25, -0.2) is 4.79 Å². The highest BCUT2D eigenvalue weighted by atomic mass is 16.8. The highest BCUT2D eigenvalue weighted by molar-refractivity contribution is 5.93. The van der Waals surface area contributed by atoms with Crippen LogP contribution < -0.4 is 0 Å². The minimum absolute atomic E-state index is 0.0657. The number of carbonyl (C=O) groups is 3. The van der Waals surface area contributed by atoms with Crippen molar-refractivity contribution in [1.82, 2.24) is 0 Å². The van der Waals surface area contributed by atoms with Gasteiger partial charge >= 0.3 is 17.9 Å². The highest BCUT2D eigenvalue weighted by Gasteiger charge is 2.88. The SMILES string of the molecule is CC(=O)OCC12C(OC(C)=O)CCC13OC21OC(=O)C(CO)=C1CCC3C. The van der Waals surface area contributed by atoms with E-state index in [9.17, 15) is 19.5 Å². The van der Waals surface area contributed by atoms with Crippen LogP contribution in [0.4, 0.5) is 0 Å². The first-order valence-electron chi connectivity index (χ1n) is 9.31. The molecule has 0 aromatic rings. The molecule has 3 heterocycles. The number of carbonyl (C=O) groups excluding carboxylic acids is 3. The fraction of sp³-hybridized carbons (Fsp3) is 0.737. The Morgan fingerprint density at radius 3 is 2.63 bits per heavy atom. The number of rotatable bonds is 4. The lowest BCUT2D eigenvalue weighted by atomic mass is 9.57. The molecule has 3 aliphatic heterocycles. The van der Waals surface area contributed by atoms with Crippen LogP contribution in [0.25, 0.3) is 0 Å². The molecular formula is C19H24O8. The van der Waals surface area contributed by atoms with Crippen molar-refractivity contribution < 1.29 is 38.4 Å². The molecule has 0 radical (unpaired) electrons. The predicted octanol–water partition coefficient (Wildman–Crippen LogP) is 1.00. The van der Waals surface area contributed by atoms with Crippen LogP contribution in [-0.2, 0) is 33.3 Å². The maximum Gasteiger partial charge on any atom is 0.339 e. The summed E-state index contributed by atoms with van der Waals surface area (Å²) < 4.78 is 23.2. The molecule has 8 nitrogen and oxygen atoms in total. The van der Waals surface area contributed by atoms with Crippen molar-refractivity contribution in [1.29, 1.82) is 0 Å². The van der Waals surface area contributed by atoms with Gasteiger partial charge in [-0.05, 0) is 31.6 Å². The molecular weight excluding hydrogens is 356 g/mol. The number of hydrogen-bond acceptors (Lipinski definition) is 8. The summed E-state index contributed by atoms with van der Waals surface area (Å²) in [6.07, 6.45) is 1.76. The third kappa shape index (κ3) is 2.03. The van der Waals surface area contributed by atoms with Crippen LogP contribution in [0, 0.1) is 11.3 Å². The Kier molecular flexibility index (Phi) is 3.95. The predicted molar refractivity (Wildman–Crippen MR) is 89.0 cm³/mol. The summed E-state index contributed by atoms with van der Waals surface area (Å²) in [5.74, 6) is -2.96. The summed E-state index contributed by atoms with van der Waals surface area (Å²) in [6.45, 7) is 4.14. The van der Waals surface area contributed by atoms with Crippen LogP contribution in [0.3, 0.4) is 0 Å². The molecule has 4 fully saturated rings. The molecule has 1 N–H and O–H groups in total. The van der Waals surface area contributed by atoms with Crippen LogP contribution >= 0.6 is 0 Å². The van der Waals surface area contributed by atoms with E-state index in [4.69, 9.17) is 18.9 Å². The summed E-state index contributed by atoms with van der Waals surface area (Å²) in [4.78, 5) is 35.9. The molecule has 2 saturated heterocycles. The summed E-state index contributed by atoms with van der Waals surface area (Å²) in [6, 6.07) is 0. The van der Waals surface area contributed by atoms with E-state index in [1.807, 2.05) is 6.92 Å². The van der Waals surface area contributed by atoms with E-state index in [2.05, 4.69) is 0 Å². The van der Waals surface area contributed by atoms with Crippen LogP contribution in [0.1, 0.15) is 46.5 Å². The second kappa shape index (κ2) is 5.78. The van der Waals surface area contributed by atoms with Crippen LogP contribution in [0.15, 0.2) is 11.1 Å². The Bertz CT molecular complexity index is 757. The quantitative estimate of drug-likeness (QED) is 0.568. The number of aliphatic hydroxyl groups excluding tert-OH is 1. The first-order chi connectivity index (χ1) is 12.7. The minimum Gasteiger partial charge on any atom is -0.465 e. The zero-order chi connectivity index (χ0) is 19.6. The smallest absolute Gasteiger partial charge is 0.339 e. The van der Waals surface area contributed by atoms with E-state index in [1.54, 1.807) is 0 Å². The van der Waals surface area contributed by atoms with Gasteiger partial charge in [0.05, 0.1) is 17.8 Å². The molecule has 5 atom stereocenters. The maximum atomic E-state index is 12.5. The molecule has 0 aromatic heterocycles. The second-order valence-corrected chi connectivity index (χ2v) is 7.94. The number of aliphatic hydroxyl groups is 1. The van der Waals surface area contributed by atoms with Crippen molar-refractivity contribution in [3.05, 3.63) is 11.1 Å². The van der Waals surface area contributed by atoms with Crippen molar-refractivity contribution in [3.63, 3.8) is 0 Å². The number of fused-ring (bicyclic) bond motifs is 2. The Morgan fingerprint density at radius 1 is 1.26 bits per heavy atom. The molecule has 5 unspecified atom stereocenters. The standard InChI is InChI=1S/C19H24O8/c1-10-4-5-14-13(8-20)16(23)26-19(14)17(9-24-11(2)21)15(25-12(3)22)6-7-18(10,17)27-19/h10,15,20H,4-9H2,1-3H3. The van der Waals surface area contributed by atoms with Crippen LogP contribution in [0.5, 0.6) is 0 Å². The third-order valence-corrected chi connectivity index (χ3v) is 6.83. The van der Waals surface area contributed by atoms with Crippen molar-refractivity contribution in [2.75, 3.05) is 13.2 Å². The number of hydrogen-bond donors (Lipinski definition) is 1. The minimum atomic E-state index is -1.46. The summed E-state index contributed by atoms with van der Waals surface area (Å²) in [5.41, 5.74) is -0.973. The molecule has 2 aliphatic carbocycles. The summed E-state index contributed by atoms with van der Waals surface area (Å²) >= 11 is 0. The van der Waals surface area contributed by atoms with Gasteiger partial charge in [0, 0.05) is 19.4 Å². The summed E-state index contributed by atoms with van der Waals surface area (Å²) in [7, 11) is 0. The molecule has 0 aromatic carbocycles. The molecule has 27 heavy (non-hydrogen) atoms. The Balaban J connectivity index is 1.91. The van der Waals surface area contributed by atoms with E-state index in [-0.39, 0.29) is 18.1 Å². The first-order valence-corrected chi connectivity index (χ1v) is 9.31. The molecule has 5 rings (SSSR count). The van der Waals surface area contributed by atoms with Crippen molar-refractivity contribution in [2.45, 2.75) is 63.9 Å². The molecule has 8 heteroatoms. The van der Waals surface area contributed by atoms with Gasteiger partial charge in [0.15, 0.2) is 0 Å². The van der Waals surface area contributed by atoms with Crippen molar-refractivity contribution >= 4 is 17.9 Å². The fourth-order valence-electron chi connectivity index (χ4n) is 5.78. The van der Waals surface area contributed by atoms with Gasteiger partial charge in [-0.1, -0.05) is 6.92 Å². The number of esters is 3. The largest absolute Gasteiger partial charge is 0.465 e. The van der Waals surface area contributed by atoms with Gasteiger partial charge in [0.25, 0.3) is 5.79 Å².